The minimum atomic E-state index is -0.710. The normalized spacial score (nSPS) is 30.0. The summed E-state index contributed by atoms with van der Waals surface area (Å²) in [5.41, 5.74) is 0.843. The lowest BCUT2D eigenvalue weighted by atomic mass is 9.75. The van der Waals surface area contributed by atoms with Gasteiger partial charge >= 0.3 is 5.97 Å². The van der Waals surface area contributed by atoms with Crippen LogP contribution in [0.25, 0.3) is 5.57 Å². The van der Waals surface area contributed by atoms with Crippen molar-refractivity contribution in [2.75, 3.05) is 39.3 Å². The molecule has 2 aliphatic carbocycles. The van der Waals surface area contributed by atoms with Gasteiger partial charge in [0.25, 0.3) is 0 Å². The lowest BCUT2D eigenvalue weighted by Crippen LogP contribution is -2.64. The fourth-order valence-corrected chi connectivity index (χ4v) is 6.76. The molecule has 2 atom stereocenters. The molecule has 0 amide bonds. The second kappa shape index (κ2) is 9.49. The number of nitrogens with zero attached hydrogens (tertiary/aromatic N) is 3. The SMILES string of the molecule is CCOC1(C2CC2)C=C(c2ccc(F)cc2)C=CC1CN1CC2(CC(N3CCC(C)(C(=O)O)CC3)=NO2)C1. The zero-order valence-corrected chi connectivity index (χ0v) is 22.4. The first-order valence-electron chi connectivity index (χ1n) is 14.0. The van der Waals surface area contributed by atoms with Crippen molar-refractivity contribution in [3.63, 3.8) is 0 Å². The minimum Gasteiger partial charge on any atom is -0.481 e. The highest BCUT2D eigenvalue weighted by Crippen LogP contribution is 2.51. The predicted molar refractivity (Wildman–Crippen MR) is 143 cm³/mol. The Balaban J connectivity index is 1.09. The molecule has 1 spiro atoms. The number of oxime groups is 1. The number of likely N-dealkylation sites (tertiary alicyclic amines) is 2. The van der Waals surface area contributed by atoms with Gasteiger partial charge in [-0.25, -0.2) is 4.39 Å². The Morgan fingerprint density at radius 1 is 1.21 bits per heavy atom. The minimum absolute atomic E-state index is 0.225. The van der Waals surface area contributed by atoms with Crippen molar-refractivity contribution in [2.24, 2.45) is 22.4 Å². The van der Waals surface area contributed by atoms with Crippen LogP contribution in [0, 0.1) is 23.1 Å². The molecule has 0 bridgehead atoms. The van der Waals surface area contributed by atoms with Gasteiger partial charge in [0.05, 0.1) is 17.4 Å². The fourth-order valence-electron chi connectivity index (χ4n) is 6.76. The maximum absolute atomic E-state index is 13.5. The number of ether oxygens (including phenoxy) is 1. The van der Waals surface area contributed by atoms with Crippen LogP contribution in [-0.2, 0) is 14.4 Å². The summed E-state index contributed by atoms with van der Waals surface area (Å²) >= 11 is 0. The second-order valence-corrected chi connectivity index (χ2v) is 12.1. The third kappa shape index (κ3) is 4.56. The average molecular weight is 524 g/mol. The summed E-state index contributed by atoms with van der Waals surface area (Å²) < 4.78 is 20.1. The molecule has 3 fully saturated rings. The smallest absolute Gasteiger partial charge is 0.309 e. The van der Waals surface area contributed by atoms with Gasteiger partial charge in [-0.2, -0.15) is 0 Å². The third-order valence-corrected chi connectivity index (χ3v) is 9.31. The van der Waals surface area contributed by atoms with Gasteiger partial charge in [0.1, 0.15) is 11.7 Å². The number of piperidine rings is 1. The van der Waals surface area contributed by atoms with E-state index < -0.39 is 11.4 Å². The summed E-state index contributed by atoms with van der Waals surface area (Å²) in [5.74, 6) is 0.754. The molecule has 3 heterocycles. The van der Waals surface area contributed by atoms with Gasteiger partial charge in [0.2, 0.25) is 0 Å². The summed E-state index contributed by atoms with van der Waals surface area (Å²) in [7, 11) is 0. The number of halogens is 1. The molecule has 0 aromatic heterocycles. The first kappa shape index (κ1) is 25.6. The van der Waals surface area contributed by atoms with Crippen LogP contribution < -0.4 is 0 Å². The maximum atomic E-state index is 13.5. The molecule has 0 radical (unpaired) electrons. The van der Waals surface area contributed by atoms with Crippen LogP contribution in [0.1, 0.15) is 51.5 Å². The quantitative estimate of drug-likeness (QED) is 0.565. The monoisotopic (exact) mass is 523 g/mol. The summed E-state index contributed by atoms with van der Waals surface area (Å²) in [6.07, 6.45) is 11.1. The number of allylic oxidation sites excluding steroid dienone is 2. The van der Waals surface area contributed by atoms with E-state index in [1.54, 1.807) is 0 Å². The molecule has 5 aliphatic rings. The molecule has 6 rings (SSSR count). The molecule has 8 heteroatoms. The van der Waals surface area contributed by atoms with Crippen molar-refractivity contribution < 1.29 is 23.9 Å². The van der Waals surface area contributed by atoms with Gasteiger partial charge in [-0.1, -0.05) is 29.4 Å². The molecule has 38 heavy (non-hydrogen) atoms. The van der Waals surface area contributed by atoms with E-state index in [9.17, 15) is 14.3 Å². The van der Waals surface area contributed by atoms with Gasteiger partial charge in [-0.15, -0.1) is 0 Å². The Labute approximate surface area is 223 Å². The van der Waals surface area contributed by atoms with Crippen molar-refractivity contribution in [1.82, 2.24) is 9.80 Å². The molecule has 1 aromatic rings. The Hall–Kier alpha value is -2.71. The predicted octanol–water partition coefficient (Wildman–Crippen LogP) is 4.56. The number of rotatable bonds is 7. The summed E-state index contributed by atoms with van der Waals surface area (Å²) in [4.78, 5) is 22.2. The Morgan fingerprint density at radius 3 is 2.55 bits per heavy atom. The number of carboxylic acid groups (broad SMARTS) is 1. The van der Waals surface area contributed by atoms with Crippen molar-refractivity contribution in [3.05, 3.63) is 53.9 Å². The summed E-state index contributed by atoms with van der Waals surface area (Å²) in [6.45, 7) is 8.51. The molecular weight excluding hydrogens is 485 g/mol. The van der Waals surface area contributed by atoms with E-state index in [0.29, 0.717) is 38.5 Å². The van der Waals surface area contributed by atoms with Crippen molar-refractivity contribution >= 4 is 17.4 Å². The van der Waals surface area contributed by atoms with Gasteiger partial charge in [-0.3, -0.25) is 9.69 Å². The molecule has 7 nitrogen and oxygen atoms in total. The topological polar surface area (TPSA) is 74.6 Å². The van der Waals surface area contributed by atoms with Crippen LogP contribution in [0.2, 0.25) is 0 Å². The first-order chi connectivity index (χ1) is 18.2. The molecule has 204 valence electrons. The molecule has 2 saturated heterocycles. The molecule has 1 N–H and O–H groups in total. The first-order valence-corrected chi connectivity index (χ1v) is 14.0. The Bertz CT molecular complexity index is 1160. The maximum Gasteiger partial charge on any atom is 0.309 e. The van der Waals surface area contributed by atoms with Crippen LogP contribution in [-0.4, -0.2) is 77.2 Å². The van der Waals surface area contributed by atoms with E-state index in [2.05, 4.69) is 40.1 Å². The summed E-state index contributed by atoms with van der Waals surface area (Å²) in [5, 5.41) is 14.0. The molecule has 1 saturated carbocycles. The third-order valence-electron chi connectivity index (χ3n) is 9.31. The number of amidine groups is 1. The van der Waals surface area contributed by atoms with E-state index in [-0.39, 0.29) is 22.9 Å². The van der Waals surface area contributed by atoms with Gasteiger partial charge in [-0.05, 0) is 74.8 Å². The number of carbonyl (C=O) groups is 1. The molecule has 2 unspecified atom stereocenters. The van der Waals surface area contributed by atoms with Crippen molar-refractivity contribution in [2.45, 2.75) is 57.2 Å². The average Bonchev–Trinajstić information content (AvgIpc) is 3.65. The summed E-state index contributed by atoms with van der Waals surface area (Å²) in [6, 6.07) is 6.71. The van der Waals surface area contributed by atoms with Crippen LogP contribution in [0.3, 0.4) is 0 Å². The number of benzene rings is 1. The van der Waals surface area contributed by atoms with Crippen molar-refractivity contribution in [3.8, 4) is 0 Å². The van der Waals surface area contributed by atoms with Gasteiger partial charge < -0.3 is 19.6 Å². The highest BCUT2D eigenvalue weighted by Gasteiger charge is 2.55. The Kier molecular flexibility index (Phi) is 6.38. The Morgan fingerprint density at radius 2 is 1.92 bits per heavy atom. The highest BCUT2D eigenvalue weighted by molar-refractivity contribution is 5.85. The van der Waals surface area contributed by atoms with Crippen LogP contribution in [0.5, 0.6) is 0 Å². The van der Waals surface area contributed by atoms with E-state index in [4.69, 9.17) is 9.57 Å². The van der Waals surface area contributed by atoms with Gasteiger partial charge in [0, 0.05) is 45.2 Å². The zero-order valence-electron chi connectivity index (χ0n) is 22.4. The molecular formula is C30H38FN3O4. The fraction of sp³-hybridized carbons (Fsp3) is 0.600. The largest absolute Gasteiger partial charge is 0.481 e. The van der Waals surface area contributed by atoms with E-state index in [1.807, 2.05) is 19.1 Å². The van der Waals surface area contributed by atoms with Crippen LogP contribution in [0.4, 0.5) is 4.39 Å². The number of hydrogen-bond acceptors (Lipinski definition) is 6. The lowest BCUT2D eigenvalue weighted by molar-refractivity contribution is -0.150. The zero-order chi connectivity index (χ0) is 26.5. The second-order valence-electron chi connectivity index (χ2n) is 12.1. The number of aliphatic carboxylic acids is 1. The standard InChI is InChI=1S/C30H38FN3O4/c1-3-37-30(23-8-9-23)16-22(21-5-10-25(31)11-6-21)4-7-24(30)18-33-19-29(20-33)17-26(32-38-29)34-14-12-28(2,13-15-34)27(35)36/h4-7,10-11,16,23-24H,3,8-9,12-15,17-20H2,1-2H3,(H,35,36). The van der Waals surface area contributed by atoms with Crippen LogP contribution >= 0.6 is 0 Å². The number of hydrogen-bond donors (Lipinski definition) is 1. The van der Waals surface area contributed by atoms with Crippen LogP contribution in [0.15, 0.2) is 47.6 Å². The lowest BCUT2D eigenvalue weighted by Gasteiger charge is -2.49. The van der Waals surface area contributed by atoms with E-state index >= 15 is 0 Å². The van der Waals surface area contributed by atoms with E-state index in [0.717, 1.165) is 43.0 Å². The van der Waals surface area contributed by atoms with Gasteiger partial charge in [0.15, 0.2) is 5.60 Å². The van der Waals surface area contributed by atoms with E-state index in [1.165, 1.54) is 25.0 Å². The molecule has 1 aromatic carbocycles. The number of carboxylic acids is 1. The highest BCUT2D eigenvalue weighted by atomic mass is 19.1. The molecule has 3 aliphatic heterocycles. The van der Waals surface area contributed by atoms with Crippen molar-refractivity contribution in [1.29, 1.82) is 0 Å².